The molecule has 0 aromatic rings. The van der Waals surface area contributed by atoms with Crippen LogP contribution < -0.4 is 0 Å². The molecule has 8 atom stereocenters. The van der Waals surface area contributed by atoms with Crippen molar-refractivity contribution in [3.8, 4) is 0 Å². The summed E-state index contributed by atoms with van der Waals surface area (Å²) in [4.78, 5) is 0. The minimum absolute atomic E-state index is 0.975. The van der Waals surface area contributed by atoms with E-state index in [9.17, 15) is 0 Å². The van der Waals surface area contributed by atoms with Crippen LogP contribution in [0.4, 0.5) is 0 Å². The average Bonchev–Trinajstić information content (AvgIpc) is 2.65. The van der Waals surface area contributed by atoms with E-state index in [2.05, 4.69) is 41.5 Å². The Bertz CT molecular complexity index is 369. The van der Waals surface area contributed by atoms with E-state index in [1.165, 1.54) is 51.4 Å². The summed E-state index contributed by atoms with van der Waals surface area (Å²) in [7, 11) is 0. The second-order valence-corrected chi connectivity index (χ2v) is 10.7. The number of hydrogen-bond acceptors (Lipinski definition) is 0. The van der Waals surface area contributed by atoms with Crippen LogP contribution in [0.1, 0.15) is 125 Å². The van der Waals surface area contributed by atoms with Gasteiger partial charge in [0, 0.05) is 0 Å². The molecule has 2 fully saturated rings. The Morgan fingerprint density at radius 2 is 1.00 bits per heavy atom. The van der Waals surface area contributed by atoms with Crippen LogP contribution in [0.15, 0.2) is 0 Å². The van der Waals surface area contributed by atoms with Gasteiger partial charge in [-0.25, -0.2) is 0 Å². The van der Waals surface area contributed by atoms with Gasteiger partial charge >= 0.3 is 0 Å². The fourth-order valence-electron chi connectivity index (χ4n) is 7.67. The van der Waals surface area contributed by atoms with Crippen LogP contribution >= 0.6 is 0 Å². The minimum atomic E-state index is 0.975. The van der Waals surface area contributed by atoms with Gasteiger partial charge in [0.25, 0.3) is 0 Å². The molecule has 0 heteroatoms. The fourth-order valence-corrected chi connectivity index (χ4v) is 7.67. The SMILES string of the molecule is CCCC1CC(CC2CC(CCC)C(CC)[C@@H](CCC)C2)CC(CC)C1C. The number of rotatable bonds is 10. The maximum absolute atomic E-state index is 2.58. The van der Waals surface area contributed by atoms with Crippen LogP contribution in [-0.4, -0.2) is 0 Å². The van der Waals surface area contributed by atoms with Crippen LogP contribution in [0.25, 0.3) is 0 Å². The molecule has 0 aromatic carbocycles. The highest BCUT2D eigenvalue weighted by Gasteiger charge is 2.39. The average molecular weight is 377 g/mol. The molecule has 7 unspecified atom stereocenters. The van der Waals surface area contributed by atoms with E-state index in [0.717, 1.165) is 47.3 Å². The van der Waals surface area contributed by atoms with Crippen molar-refractivity contribution < 1.29 is 0 Å². The van der Waals surface area contributed by atoms with Crippen LogP contribution in [0.5, 0.6) is 0 Å². The Morgan fingerprint density at radius 1 is 0.556 bits per heavy atom. The van der Waals surface area contributed by atoms with Gasteiger partial charge in [-0.3, -0.25) is 0 Å². The smallest absolute Gasteiger partial charge is 0.0360 e. The first kappa shape index (κ1) is 23.3. The first-order valence-electron chi connectivity index (χ1n) is 13.1. The molecule has 0 N–H and O–H groups in total. The molecule has 0 radical (unpaired) electrons. The molecule has 0 heterocycles. The maximum Gasteiger partial charge on any atom is -0.0360 e. The van der Waals surface area contributed by atoms with E-state index >= 15 is 0 Å². The molecule has 2 rings (SSSR count). The Hall–Kier alpha value is 0. The molecule has 0 saturated heterocycles. The summed E-state index contributed by atoms with van der Waals surface area (Å²) in [6, 6.07) is 0. The first-order valence-corrected chi connectivity index (χ1v) is 13.1. The summed E-state index contributed by atoms with van der Waals surface area (Å²) in [6.07, 6.45) is 19.3. The molecule has 0 aromatic heterocycles. The van der Waals surface area contributed by atoms with Crippen molar-refractivity contribution in [2.45, 2.75) is 125 Å². The Balaban J connectivity index is 2.03. The predicted molar refractivity (Wildman–Crippen MR) is 122 cm³/mol. The molecule has 27 heavy (non-hydrogen) atoms. The van der Waals surface area contributed by atoms with Gasteiger partial charge in [-0.1, -0.05) is 92.9 Å². The maximum atomic E-state index is 2.58. The molecule has 2 aliphatic carbocycles. The molecule has 160 valence electrons. The highest BCUT2D eigenvalue weighted by molar-refractivity contribution is 4.89. The first-order chi connectivity index (χ1) is 13.1. The van der Waals surface area contributed by atoms with Gasteiger partial charge in [-0.05, 0) is 79.4 Å². The molecular formula is C27H52. The van der Waals surface area contributed by atoms with Gasteiger partial charge in [0.05, 0.1) is 0 Å². The van der Waals surface area contributed by atoms with E-state index in [-0.39, 0.29) is 0 Å². The molecule has 0 amide bonds. The lowest BCUT2D eigenvalue weighted by molar-refractivity contribution is 0.0492. The Kier molecular flexibility index (Phi) is 10.2. The predicted octanol–water partition coefficient (Wildman–Crippen LogP) is 9.13. The highest BCUT2D eigenvalue weighted by atomic mass is 14.4. The largest absolute Gasteiger partial charge is 0.0654 e. The molecule has 2 saturated carbocycles. The lowest BCUT2D eigenvalue weighted by Crippen LogP contribution is -2.36. The van der Waals surface area contributed by atoms with E-state index in [1.54, 1.807) is 32.1 Å². The van der Waals surface area contributed by atoms with Crippen molar-refractivity contribution in [3.05, 3.63) is 0 Å². The van der Waals surface area contributed by atoms with Crippen molar-refractivity contribution in [3.63, 3.8) is 0 Å². The van der Waals surface area contributed by atoms with E-state index in [1.807, 2.05) is 0 Å². The quantitative estimate of drug-likeness (QED) is 0.356. The summed E-state index contributed by atoms with van der Waals surface area (Å²) >= 11 is 0. The normalized spacial score (nSPS) is 40.2. The standard InChI is InChI=1S/C27H52/c1-7-12-24-17-21(16-23(10-4)20(24)6)15-22-18-25(13-8-2)27(11-5)26(19-22)14-9-3/h20-27H,7-19H2,1-6H3/t20?,21?,22?,23?,24?,25-,26?,27?/m0/s1. The van der Waals surface area contributed by atoms with Crippen molar-refractivity contribution in [1.82, 2.24) is 0 Å². The zero-order chi connectivity index (χ0) is 19.8. The van der Waals surface area contributed by atoms with Crippen LogP contribution in [0.2, 0.25) is 0 Å². The second-order valence-electron chi connectivity index (χ2n) is 10.7. The van der Waals surface area contributed by atoms with Gasteiger partial charge < -0.3 is 0 Å². The highest BCUT2D eigenvalue weighted by Crippen LogP contribution is 2.49. The summed E-state index contributed by atoms with van der Waals surface area (Å²) in [5, 5.41) is 0. The van der Waals surface area contributed by atoms with Gasteiger partial charge in [-0.2, -0.15) is 0 Å². The fraction of sp³-hybridized carbons (Fsp3) is 1.00. The molecule has 0 bridgehead atoms. The molecule has 0 spiro atoms. The minimum Gasteiger partial charge on any atom is -0.0654 e. The van der Waals surface area contributed by atoms with E-state index in [0.29, 0.717) is 0 Å². The van der Waals surface area contributed by atoms with Crippen LogP contribution in [-0.2, 0) is 0 Å². The molecule has 0 nitrogen and oxygen atoms in total. The third-order valence-corrected chi connectivity index (χ3v) is 8.88. The second kappa shape index (κ2) is 11.9. The zero-order valence-electron chi connectivity index (χ0n) is 19.8. The van der Waals surface area contributed by atoms with Crippen molar-refractivity contribution >= 4 is 0 Å². The molecular weight excluding hydrogens is 324 g/mol. The molecule has 2 aliphatic rings. The van der Waals surface area contributed by atoms with E-state index in [4.69, 9.17) is 0 Å². The number of hydrogen-bond donors (Lipinski definition) is 0. The lowest BCUT2D eigenvalue weighted by Gasteiger charge is -2.45. The summed E-state index contributed by atoms with van der Waals surface area (Å²) < 4.78 is 0. The van der Waals surface area contributed by atoms with Crippen molar-refractivity contribution in [2.75, 3.05) is 0 Å². The third kappa shape index (κ3) is 6.24. The van der Waals surface area contributed by atoms with Crippen molar-refractivity contribution in [1.29, 1.82) is 0 Å². The van der Waals surface area contributed by atoms with Gasteiger partial charge in [0.1, 0.15) is 0 Å². The zero-order valence-corrected chi connectivity index (χ0v) is 19.8. The summed E-state index contributed by atoms with van der Waals surface area (Å²) in [5.74, 6) is 8.17. The van der Waals surface area contributed by atoms with Crippen LogP contribution in [0, 0.1) is 47.3 Å². The topological polar surface area (TPSA) is 0 Å². The molecule has 0 aliphatic heterocycles. The summed E-state index contributed by atoms with van der Waals surface area (Å²) in [5.41, 5.74) is 0. The Labute approximate surface area is 172 Å². The monoisotopic (exact) mass is 376 g/mol. The lowest BCUT2D eigenvalue weighted by atomic mass is 9.60. The van der Waals surface area contributed by atoms with Crippen LogP contribution in [0.3, 0.4) is 0 Å². The summed E-state index contributed by atoms with van der Waals surface area (Å²) in [6.45, 7) is 14.7. The Morgan fingerprint density at radius 3 is 1.44 bits per heavy atom. The van der Waals surface area contributed by atoms with Gasteiger partial charge in [0.2, 0.25) is 0 Å². The van der Waals surface area contributed by atoms with E-state index < -0.39 is 0 Å². The van der Waals surface area contributed by atoms with Gasteiger partial charge in [0.15, 0.2) is 0 Å². The van der Waals surface area contributed by atoms with Gasteiger partial charge in [-0.15, -0.1) is 0 Å². The van der Waals surface area contributed by atoms with Crippen molar-refractivity contribution in [2.24, 2.45) is 47.3 Å². The third-order valence-electron chi connectivity index (χ3n) is 8.88.